The van der Waals surface area contributed by atoms with Crippen LogP contribution in [0.3, 0.4) is 0 Å². The number of aryl methyl sites for hydroxylation is 1. The fourth-order valence-electron chi connectivity index (χ4n) is 3.04. The first kappa shape index (κ1) is 16.6. The van der Waals surface area contributed by atoms with Gasteiger partial charge >= 0.3 is 0 Å². The van der Waals surface area contributed by atoms with Crippen LogP contribution in [0.2, 0.25) is 0 Å². The molecule has 0 bridgehead atoms. The molecule has 1 atom stereocenters. The average molecular weight is 327 g/mol. The predicted molar refractivity (Wildman–Crippen MR) is 92.6 cm³/mol. The summed E-state index contributed by atoms with van der Waals surface area (Å²) in [4.78, 5) is 19.1. The van der Waals surface area contributed by atoms with Gasteiger partial charge < -0.3 is 5.32 Å². The molecule has 24 heavy (non-hydrogen) atoms. The van der Waals surface area contributed by atoms with Crippen molar-refractivity contribution in [2.24, 2.45) is 0 Å². The van der Waals surface area contributed by atoms with Crippen LogP contribution in [0, 0.1) is 6.92 Å². The average Bonchev–Trinajstić information content (AvgIpc) is 3.03. The van der Waals surface area contributed by atoms with Crippen LogP contribution in [0.1, 0.15) is 59.8 Å². The minimum atomic E-state index is -0.226. The third kappa shape index (κ3) is 4.20. The van der Waals surface area contributed by atoms with Crippen LogP contribution < -0.4 is 5.32 Å². The lowest BCUT2D eigenvalue weighted by atomic mass is 10.1. The number of nitrogens with one attached hydrogen (secondary N) is 2. The van der Waals surface area contributed by atoms with Gasteiger partial charge in [0, 0.05) is 12.1 Å². The summed E-state index contributed by atoms with van der Waals surface area (Å²) < 4.78 is 0. The summed E-state index contributed by atoms with van der Waals surface area (Å²) in [5.74, 6) is 1.24. The molecule has 0 radical (unpaired) electrons. The molecule has 1 saturated heterocycles. The van der Waals surface area contributed by atoms with E-state index in [2.05, 4.69) is 25.4 Å². The number of piperidine rings is 1. The number of aromatic nitrogens is 3. The number of nitrogens with zero attached hydrogens (tertiary/aromatic N) is 3. The Hall–Kier alpha value is -2.21. The van der Waals surface area contributed by atoms with Gasteiger partial charge in [-0.1, -0.05) is 18.6 Å². The van der Waals surface area contributed by atoms with Gasteiger partial charge in [0.15, 0.2) is 5.82 Å². The van der Waals surface area contributed by atoms with Crippen LogP contribution in [-0.4, -0.2) is 39.1 Å². The van der Waals surface area contributed by atoms with E-state index >= 15 is 0 Å². The van der Waals surface area contributed by atoms with Gasteiger partial charge in [0.1, 0.15) is 5.82 Å². The molecule has 2 aromatic rings. The van der Waals surface area contributed by atoms with Gasteiger partial charge in [-0.25, -0.2) is 4.98 Å². The van der Waals surface area contributed by atoms with Crippen LogP contribution in [0.25, 0.3) is 0 Å². The number of hydrogen-bond acceptors (Lipinski definition) is 4. The van der Waals surface area contributed by atoms with Gasteiger partial charge in [0.2, 0.25) is 0 Å². The minimum absolute atomic E-state index is 0.102. The maximum atomic E-state index is 12.3. The van der Waals surface area contributed by atoms with E-state index in [4.69, 9.17) is 0 Å². The van der Waals surface area contributed by atoms with Crippen LogP contribution in [0.5, 0.6) is 0 Å². The second-order valence-corrected chi connectivity index (χ2v) is 6.51. The van der Waals surface area contributed by atoms with Gasteiger partial charge in [-0.05, 0) is 57.5 Å². The summed E-state index contributed by atoms with van der Waals surface area (Å²) in [7, 11) is 0. The monoisotopic (exact) mass is 327 g/mol. The smallest absolute Gasteiger partial charge is 0.251 e. The van der Waals surface area contributed by atoms with Crippen LogP contribution >= 0.6 is 0 Å². The Morgan fingerprint density at radius 3 is 2.58 bits per heavy atom. The fourth-order valence-corrected chi connectivity index (χ4v) is 3.04. The number of carbonyl (C=O) groups is 1. The highest BCUT2D eigenvalue weighted by Crippen LogP contribution is 2.14. The Morgan fingerprint density at radius 2 is 1.96 bits per heavy atom. The highest BCUT2D eigenvalue weighted by Gasteiger charge is 2.15. The van der Waals surface area contributed by atoms with Crippen molar-refractivity contribution in [3.63, 3.8) is 0 Å². The summed E-state index contributed by atoms with van der Waals surface area (Å²) in [5.41, 5.74) is 1.92. The maximum absolute atomic E-state index is 12.3. The van der Waals surface area contributed by atoms with Gasteiger partial charge in [-0.3, -0.25) is 14.8 Å². The molecule has 6 nitrogen and oxygen atoms in total. The molecule has 1 aromatic carbocycles. The van der Waals surface area contributed by atoms with Gasteiger partial charge in [0.05, 0.1) is 6.04 Å². The molecule has 1 amide bonds. The second-order valence-electron chi connectivity index (χ2n) is 6.51. The highest BCUT2D eigenvalue weighted by atomic mass is 16.1. The van der Waals surface area contributed by atoms with E-state index in [-0.39, 0.29) is 11.9 Å². The van der Waals surface area contributed by atoms with Gasteiger partial charge in [-0.2, -0.15) is 5.10 Å². The Kier molecular flexibility index (Phi) is 5.25. The summed E-state index contributed by atoms with van der Waals surface area (Å²) in [6, 6.07) is 7.65. The van der Waals surface area contributed by atoms with Crippen molar-refractivity contribution in [2.75, 3.05) is 13.1 Å². The van der Waals surface area contributed by atoms with Crippen molar-refractivity contribution in [3.8, 4) is 0 Å². The molecular formula is C18H25N5O. The Labute approximate surface area is 142 Å². The summed E-state index contributed by atoms with van der Waals surface area (Å²) in [6.07, 6.45) is 3.93. The molecule has 3 rings (SSSR count). The standard InChI is InChI=1S/C18H25N5O/c1-13(17-20-14(2)21-22-17)19-18(24)16-8-6-15(7-9-16)12-23-10-4-3-5-11-23/h6-9,13H,3-5,10-12H2,1-2H3,(H,19,24)(H,20,21,22). The molecule has 0 aliphatic carbocycles. The first-order valence-electron chi connectivity index (χ1n) is 8.63. The molecule has 2 heterocycles. The molecule has 1 aromatic heterocycles. The molecule has 0 saturated carbocycles. The van der Waals surface area contributed by atoms with Crippen molar-refractivity contribution in [2.45, 2.75) is 45.7 Å². The fraction of sp³-hybridized carbons (Fsp3) is 0.500. The molecule has 1 aliphatic rings. The van der Waals surface area contributed by atoms with E-state index in [1.807, 2.05) is 38.1 Å². The van der Waals surface area contributed by atoms with Crippen molar-refractivity contribution in [1.82, 2.24) is 25.4 Å². The number of benzene rings is 1. The van der Waals surface area contributed by atoms with E-state index in [9.17, 15) is 4.79 Å². The number of carbonyl (C=O) groups excluding carboxylic acids is 1. The normalized spacial score (nSPS) is 16.8. The van der Waals surface area contributed by atoms with Crippen molar-refractivity contribution in [1.29, 1.82) is 0 Å². The zero-order valence-electron chi connectivity index (χ0n) is 14.4. The molecule has 0 spiro atoms. The van der Waals surface area contributed by atoms with Crippen molar-refractivity contribution >= 4 is 5.91 Å². The van der Waals surface area contributed by atoms with E-state index in [0.29, 0.717) is 11.4 Å². The number of amides is 1. The van der Waals surface area contributed by atoms with E-state index in [1.165, 1.54) is 37.9 Å². The van der Waals surface area contributed by atoms with E-state index < -0.39 is 0 Å². The van der Waals surface area contributed by atoms with Crippen molar-refractivity contribution < 1.29 is 4.79 Å². The molecule has 128 valence electrons. The Morgan fingerprint density at radius 1 is 1.25 bits per heavy atom. The molecule has 1 fully saturated rings. The molecular weight excluding hydrogens is 302 g/mol. The third-order valence-electron chi connectivity index (χ3n) is 4.42. The Bertz CT molecular complexity index is 673. The molecule has 2 N–H and O–H groups in total. The van der Waals surface area contributed by atoms with Crippen molar-refractivity contribution in [3.05, 3.63) is 47.0 Å². The zero-order chi connectivity index (χ0) is 16.9. The highest BCUT2D eigenvalue weighted by molar-refractivity contribution is 5.94. The number of rotatable bonds is 5. The number of likely N-dealkylation sites (tertiary alicyclic amines) is 1. The number of hydrogen-bond donors (Lipinski definition) is 2. The van der Waals surface area contributed by atoms with Gasteiger partial charge in [0.25, 0.3) is 5.91 Å². The summed E-state index contributed by atoms with van der Waals surface area (Å²) >= 11 is 0. The third-order valence-corrected chi connectivity index (χ3v) is 4.42. The van der Waals surface area contributed by atoms with E-state index in [1.54, 1.807) is 0 Å². The molecule has 6 heteroatoms. The quantitative estimate of drug-likeness (QED) is 0.885. The number of aromatic amines is 1. The zero-order valence-corrected chi connectivity index (χ0v) is 14.4. The summed E-state index contributed by atoms with van der Waals surface area (Å²) in [5, 5.41) is 9.81. The first-order valence-corrected chi connectivity index (χ1v) is 8.63. The lowest BCUT2D eigenvalue weighted by Crippen LogP contribution is -2.29. The van der Waals surface area contributed by atoms with Crippen LogP contribution in [0.15, 0.2) is 24.3 Å². The second kappa shape index (κ2) is 7.57. The number of H-pyrrole nitrogens is 1. The lowest BCUT2D eigenvalue weighted by Gasteiger charge is -2.26. The summed E-state index contributed by atoms with van der Waals surface area (Å²) in [6.45, 7) is 7.04. The maximum Gasteiger partial charge on any atom is 0.251 e. The molecule has 1 aliphatic heterocycles. The lowest BCUT2D eigenvalue weighted by molar-refractivity contribution is 0.0938. The van der Waals surface area contributed by atoms with Crippen LogP contribution in [-0.2, 0) is 6.54 Å². The first-order chi connectivity index (χ1) is 11.6. The topological polar surface area (TPSA) is 73.9 Å². The van der Waals surface area contributed by atoms with Gasteiger partial charge in [-0.15, -0.1) is 0 Å². The van der Waals surface area contributed by atoms with E-state index in [0.717, 1.165) is 12.4 Å². The van der Waals surface area contributed by atoms with Crippen LogP contribution in [0.4, 0.5) is 0 Å². The minimum Gasteiger partial charge on any atom is -0.342 e. The predicted octanol–water partition coefficient (Wildman–Crippen LogP) is 2.59. The Balaban J connectivity index is 1.57. The largest absolute Gasteiger partial charge is 0.342 e. The molecule has 1 unspecified atom stereocenters. The SMILES string of the molecule is Cc1nc(C(C)NC(=O)c2ccc(CN3CCCCC3)cc2)n[nH]1.